The summed E-state index contributed by atoms with van der Waals surface area (Å²) >= 11 is 2.34. The summed E-state index contributed by atoms with van der Waals surface area (Å²) in [6.45, 7) is 43.5. The number of aryl methyl sites for hydroxylation is 2. The van der Waals surface area contributed by atoms with Crippen molar-refractivity contribution < 1.29 is 27.9 Å². The van der Waals surface area contributed by atoms with E-state index in [1.807, 2.05) is 63.3 Å². The number of hydrogen-bond donors (Lipinski definition) is 1. The summed E-state index contributed by atoms with van der Waals surface area (Å²) in [5.74, 6) is 0. The topological polar surface area (TPSA) is 120 Å². The lowest BCUT2D eigenvalue weighted by atomic mass is 9.79. The maximum atomic E-state index is 6.05. The summed E-state index contributed by atoms with van der Waals surface area (Å²) in [6, 6.07) is 0.695. The molecule has 0 spiro atoms. The molecule has 6 heterocycles. The van der Waals surface area contributed by atoms with Crippen LogP contribution in [-0.4, -0.2) is 88.6 Å². The standard InChI is InChI=1S/2C13H23BN2O2.C10H17BN2O2.C3H7I/c1-9(2)16-8-11(10(3)15-16)14-17-12(4,5)13(6,7)18-14;1-9(2)16-10(3)11(8-15-16)14-17-12(4,5)13(6,7)18-14;1-7-8(6-12-13-7)11-14-9(2,3)10(4,5)15-11;1-3(2)4/h2*8-9H,1-7H3;6H,1-5H3,(H,12,13);3H,1-2H3. The molecule has 12 nitrogen and oxygen atoms in total. The molecule has 0 atom stereocenters. The van der Waals surface area contributed by atoms with Gasteiger partial charge in [-0.1, -0.05) is 36.4 Å². The van der Waals surface area contributed by atoms with E-state index in [9.17, 15) is 0 Å². The average Bonchev–Trinajstić information content (AvgIpc) is 3.82. The number of alkyl halides is 1. The Balaban J connectivity index is 0.000000212. The van der Waals surface area contributed by atoms with Gasteiger partial charge in [0, 0.05) is 62.4 Å². The van der Waals surface area contributed by atoms with Crippen molar-refractivity contribution in [3.05, 3.63) is 35.7 Å². The van der Waals surface area contributed by atoms with Gasteiger partial charge in [0.25, 0.3) is 0 Å². The van der Waals surface area contributed by atoms with Crippen LogP contribution < -0.4 is 16.4 Å². The molecule has 1 N–H and O–H groups in total. The number of H-pyrrole nitrogens is 1. The molecular formula is C39H70B3IN6O6. The van der Waals surface area contributed by atoms with Crippen molar-refractivity contribution in [1.82, 2.24) is 29.8 Å². The lowest BCUT2D eigenvalue weighted by molar-refractivity contribution is 0.00578. The maximum absolute atomic E-state index is 6.05. The van der Waals surface area contributed by atoms with Crippen molar-refractivity contribution in [3.63, 3.8) is 0 Å². The Hall–Kier alpha value is -1.69. The van der Waals surface area contributed by atoms with Gasteiger partial charge in [0.2, 0.25) is 0 Å². The maximum Gasteiger partial charge on any atom is 0.498 e. The summed E-state index contributed by atoms with van der Waals surface area (Å²) in [4.78, 5) is 0. The third kappa shape index (κ3) is 10.9. The van der Waals surface area contributed by atoms with Gasteiger partial charge >= 0.3 is 21.4 Å². The minimum Gasteiger partial charge on any atom is -0.399 e. The highest BCUT2D eigenvalue weighted by atomic mass is 127. The minimum atomic E-state index is -0.317. The van der Waals surface area contributed by atoms with E-state index in [2.05, 4.69) is 147 Å². The predicted octanol–water partition coefficient (Wildman–Crippen LogP) is 6.99. The molecule has 16 heteroatoms. The van der Waals surface area contributed by atoms with Gasteiger partial charge in [-0.2, -0.15) is 15.3 Å². The monoisotopic (exact) mass is 878 g/mol. The van der Waals surface area contributed by atoms with Crippen LogP contribution in [-0.2, 0) is 27.9 Å². The first-order valence-electron chi connectivity index (χ1n) is 19.7. The van der Waals surface area contributed by atoms with Crippen LogP contribution in [0.5, 0.6) is 0 Å². The van der Waals surface area contributed by atoms with Crippen molar-refractivity contribution in [2.75, 3.05) is 0 Å². The molecule has 0 bridgehead atoms. The Morgan fingerprint density at radius 3 is 1.24 bits per heavy atom. The van der Waals surface area contributed by atoms with E-state index in [1.165, 1.54) is 0 Å². The van der Waals surface area contributed by atoms with E-state index < -0.39 is 0 Å². The smallest absolute Gasteiger partial charge is 0.399 e. The SMILES string of the molecule is CC(C)I.Cc1[nH]ncc1B1OC(C)(C)C(C)(C)O1.Cc1c(B2OC(C)(C)C(C)(C)O2)cnn1C(C)C.Cc1nn(C(C)C)cc1B1OC(C)(C)C(C)(C)O1. The largest absolute Gasteiger partial charge is 0.498 e. The first kappa shape index (κ1) is 47.7. The van der Waals surface area contributed by atoms with Crippen LogP contribution in [0.15, 0.2) is 18.6 Å². The fourth-order valence-corrected chi connectivity index (χ4v) is 5.69. The lowest BCUT2D eigenvalue weighted by Crippen LogP contribution is -2.41. The molecule has 0 amide bonds. The van der Waals surface area contributed by atoms with Gasteiger partial charge in [0.05, 0.1) is 39.3 Å². The molecule has 3 aliphatic rings. The van der Waals surface area contributed by atoms with Crippen LogP contribution in [0, 0.1) is 20.8 Å². The Bertz CT molecular complexity index is 1630. The van der Waals surface area contributed by atoms with Crippen molar-refractivity contribution in [2.45, 2.75) is 195 Å². The van der Waals surface area contributed by atoms with Gasteiger partial charge in [-0.25, -0.2) is 0 Å². The molecule has 0 aliphatic carbocycles. The van der Waals surface area contributed by atoms with Crippen LogP contribution in [0.2, 0.25) is 0 Å². The van der Waals surface area contributed by atoms with Gasteiger partial charge in [0.15, 0.2) is 0 Å². The first-order valence-corrected chi connectivity index (χ1v) is 20.9. The molecule has 0 aromatic carbocycles. The van der Waals surface area contributed by atoms with E-state index in [-0.39, 0.29) is 55.0 Å². The molecule has 0 radical (unpaired) electrons. The minimum absolute atomic E-state index is 0.290. The Kier molecular flexibility index (Phi) is 15.0. The lowest BCUT2D eigenvalue weighted by Gasteiger charge is -2.32. The molecule has 0 unspecified atom stereocenters. The number of aromatic nitrogens is 6. The molecule has 6 rings (SSSR count). The highest BCUT2D eigenvalue weighted by Crippen LogP contribution is 2.38. The fraction of sp³-hybridized carbons (Fsp3) is 0.769. The van der Waals surface area contributed by atoms with Crippen LogP contribution in [0.1, 0.15) is 154 Å². The van der Waals surface area contributed by atoms with Crippen molar-refractivity contribution in [2.24, 2.45) is 0 Å². The van der Waals surface area contributed by atoms with Crippen molar-refractivity contribution in [3.8, 4) is 0 Å². The number of rotatable bonds is 5. The molecule has 3 saturated heterocycles. The highest BCUT2D eigenvalue weighted by molar-refractivity contribution is 14.1. The molecule has 3 aliphatic heterocycles. The summed E-state index contributed by atoms with van der Waals surface area (Å²) in [7, 11) is -0.946. The Labute approximate surface area is 347 Å². The van der Waals surface area contributed by atoms with Crippen molar-refractivity contribution in [1.29, 1.82) is 0 Å². The highest BCUT2D eigenvalue weighted by Gasteiger charge is 2.54. The van der Waals surface area contributed by atoms with Gasteiger partial charge < -0.3 is 27.9 Å². The summed E-state index contributed by atoms with van der Waals surface area (Å²) in [6.07, 6.45) is 5.65. The second kappa shape index (κ2) is 17.3. The van der Waals surface area contributed by atoms with E-state index in [1.54, 1.807) is 6.20 Å². The van der Waals surface area contributed by atoms with Crippen LogP contribution in [0.25, 0.3) is 0 Å². The molecule has 0 saturated carbocycles. The number of nitrogens with one attached hydrogen (secondary N) is 1. The van der Waals surface area contributed by atoms with Gasteiger partial charge in [-0.3, -0.25) is 14.5 Å². The molecule has 3 aromatic heterocycles. The van der Waals surface area contributed by atoms with Gasteiger partial charge in [0.1, 0.15) is 0 Å². The van der Waals surface area contributed by atoms with E-state index >= 15 is 0 Å². The van der Waals surface area contributed by atoms with Gasteiger partial charge in [-0.05, 0) is 132 Å². The zero-order valence-electron chi connectivity index (χ0n) is 37.8. The fourth-order valence-electron chi connectivity index (χ4n) is 5.69. The molecule has 3 aromatic rings. The second-order valence-corrected chi connectivity index (χ2v) is 21.2. The number of hydrogen-bond acceptors (Lipinski definition) is 9. The van der Waals surface area contributed by atoms with Crippen LogP contribution >= 0.6 is 22.6 Å². The summed E-state index contributed by atoms with van der Waals surface area (Å²) in [5.41, 5.74) is 4.34. The van der Waals surface area contributed by atoms with Crippen LogP contribution in [0.4, 0.5) is 0 Å². The molecule has 308 valence electrons. The third-order valence-electron chi connectivity index (χ3n) is 11.4. The van der Waals surface area contributed by atoms with E-state index in [4.69, 9.17) is 27.9 Å². The molecule has 3 fully saturated rings. The second-order valence-electron chi connectivity index (χ2n) is 18.7. The average molecular weight is 878 g/mol. The number of halogens is 1. The summed E-state index contributed by atoms with van der Waals surface area (Å²) < 4.78 is 40.8. The predicted molar refractivity (Wildman–Crippen MR) is 234 cm³/mol. The quantitative estimate of drug-likeness (QED) is 0.164. The Morgan fingerprint density at radius 1 is 0.582 bits per heavy atom. The summed E-state index contributed by atoms with van der Waals surface area (Å²) in [5, 5.41) is 15.8. The number of nitrogens with zero attached hydrogens (tertiary/aromatic N) is 5. The van der Waals surface area contributed by atoms with Crippen LogP contribution in [0.3, 0.4) is 0 Å². The number of aromatic amines is 1. The van der Waals surface area contributed by atoms with E-state index in [0.29, 0.717) is 12.1 Å². The molecular weight excluding hydrogens is 808 g/mol. The zero-order chi connectivity index (χ0) is 42.3. The zero-order valence-corrected chi connectivity index (χ0v) is 39.9. The van der Waals surface area contributed by atoms with Crippen molar-refractivity contribution >= 4 is 60.3 Å². The Morgan fingerprint density at radius 2 is 0.945 bits per heavy atom. The van der Waals surface area contributed by atoms with Gasteiger partial charge in [-0.15, -0.1) is 0 Å². The third-order valence-corrected chi connectivity index (χ3v) is 11.4. The van der Waals surface area contributed by atoms with E-state index in [0.717, 1.165) is 37.4 Å². The normalized spacial score (nSPS) is 21.4. The first-order chi connectivity index (χ1) is 24.9. The molecule has 55 heavy (non-hydrogen) atoms.